The van der Waals surface area contributed by atoms with Gasteiger partial charge in [-0.05, 0) is 30.2 Å². The number of halogens is 4. The van der Waals surface area contributed by atoms with Crippen molar-refractivity contribution >= 4 is 17.3 Å². The summed E-state index contributed by atoms with van der Waals surface area (Å²) in [5, 5.41) is 0.276. The summed E-state index contributed by atoms with van der Waals surface area (Å²) in [6.07, 6.45) is -3.61. The van der Waals surface area contributed by atoms with Gasteiger partial charge >= 0.3 is 6.18 Å². The van der Waals surface area contributed by atoms with Gasteiger partial charge in [0.05, 0.1) is 11.3 Å². The fraction of sp³-hybridized carbons (Fsp3) is 0.188. The summed E-state index contributed by atoms with van der Waals surface area (Å²) in [7, 11) is 0. The molecule has 0 saturated carbocycles. The van der Waals surface area contributed by atoms with Crippen LogP contribution in [-0.2, 0) is 12.6 Å². The molecule has 5 heteroatoms. The smallest absolute Gasteiger partial charge is 0.284 e. The molecule has 2 aromatic carbocycles. The summed E-state index contributed by atoms with van der Waals surface area (Å²) < 4.78 is 38.6. The second kappa shape index (κ2) is 5.19. The van der Waals surface area contributed by atoms with Crippen LogP contribution < -0.4 is 0 Å². The lowest BCUT2D eigenvalue weighted by Gasteiger charge is -2.19. The molecule has 1 nitrogen and oxygen atoms in total. The topological polar surface area (TPSA) is 12.4 Å². The fourth-order valence-electron chi connectivity index (χ4n) is 2.46. The highest BCUT2D eigenvalue weighted by molar-refractivity contribution is 6.35. The van der Waals surface area contributed by atoms with Gasteiger partial charge in [0.25, 0.3) is 0 Å². The van der Waals surface area contributed by atoms with Crippen LogP contribution in [-0.4, -0.2) is 12.3 Å². The van der Waals surface area contributed by atoms with Crippen molar-refractivity contribution in [1.29, 1.82) is 0 Å². The third kappa shape index (κ3) is 2.68. The molecule has 108 valence electrons. The molecule has 2 aromatic rings. The third-order valence-corrected chi connectivity index (χ3v) is 3.80. The van der Waals surface area contributed by atoms with Crippen molar-refractivity contribution in [2.75, 3.05) is 6.54 Å². The average Bonchev–Trinajstić information content (AvgIpc) is 2.46. The molecule has 0 aromatic heterocycles. The standard InChI is InChI=1S/C16H11ClF3N/c17-14-6-5-11(16(18,19)20)9-13(14)15-12-4-2-1-3-10(12)7-8-21-15/h1-6,9H,7-8H2. The van der Waals surface area contributed by atoms with Gasteiger partial charge in [0.1, 0.15) is 0 Å². The second-order valence-electron chi connectivity index (χ2n) is 4.83. The second-order valence-corrected chi connectivity index (χ2v) is 5.24. The SMILES string of the molecule is FC(F)(F)c1ccc(Cl)c(C2=NCCc3ccccc32)c1. The Balaban J connectivity index is 2.15. The van der Waals surface area contributed by atoms with E-state index in [0.717, 1.165) is 29.7 Å². The minimum Gasteiger partial charge on any atom is -0.284 e. The van der Waals surface area contributed by atoms with Crippen LogP contribution in [0.2, 0.25) is 5.02 Å². The number of alkyl halides is 3. The van der Waals surface area contributed by atoms with Crippen molar-refractivity contribution in [2.24, 2.45) is 4.99 Å². The van der Waals surface area contributed by atoms with Crippen molar-refractivity contribution in [3.63, 3.8) is 0 Å². The Hall–Kier alpha value is -1.81. The lowest BCUT2D eigenvalue weighted by Crippen LogP contribution is -2.15. The summed E-state index contributed by atoms with van der Waals surface area (Å²) in [5.74, 6) is 0. The van der Waals surface area contributed by atoms with Gasteiger partial charge in [-0.1, -0.05) is 35.9 Å². The zero-order valence-corrected chi connectivity index (χ0v) is 11.7. The Morgan fingerprint density at radius 3 is 2.52 bits per heavy atom. The molecule has 0 fully saturated rings. The molecule has 0 bridgehead atoms. The Kier molecular flexibility index (Phi) is 3.49. The van der Waals surface area contributed by atoms with E-state index in [1.54, 1.807) is 0 Å². The van der Waals surface area contributed by atoms with Crippen LogP contribution in [0.3, 0.4) is 0 Å². The molecule has 0 radical (unpaired) electrons. The van der Waals surface area contributed by atoms with Gasteiger partial charge in [0.2, 0.25) is 0 Å². The predicted molar refractivity (Wildman–Crippen MR) is 77.1 cm³/mol. The number of rotatable bonds is 1. The van der Waals surface area contributed by atoms with Gasteiger partial charge in [-0.15, -0.1) is 0 Å². The summed E-state index contributed by atoms with van der Waals surface area (Å²) in [6, 6.07) is 10.9. The molecule has 0 amide bonds. The molecule has 1 heterocycles. The Morgan fingerprint density at radius 1 is 1.00 bits per heavy atom. The molecule has 0 spiro atoms. The predicted octanol–water partition coefficient (Wildman–Crippen LogP) is 4.75. The number of benzene rings is 2. The molecule has 21 heavy (non-hydrogen) atoms. The van der Waals surface area contributed by atoms with E-state index >= 15 is 0 Å². The molecule has 1 aliphatic heterocycles. The van der Waals surface area contributed by atoms with Gasteiger partial charge in [-0.2, -0.15) is 13.2 Å². The molecule has 0 N–H and O–H groups in total. The molecular weight excluding hydrogens is 299 g/mol. The lowest BCUT2D eigenvalue weighted by molar-refractivity contribution is -0.137. The van der Waals surface area contributed by atoms with Gasteiger partial charge in [0, 0.05) is 22.7 Å². The maximum atomic E-state index is 12.9. The number of aliphatic imine (C=N–C) groups is 1. The lowest BCUT2D eigenvalue weighted by atomic mass is 9.92. The number of fused-ring (bicyclic) bond motifs is 1. The van der Waals surface area contributed by atoms with Crippen LogP contribution >= 0.6 is 11.6 Å². The minimum absolute atomic E-state index is 0.276. The molecule has 0 unspecified atom stereocenters. The van der Waals surface area contributed by atoms with E-state index in [-0.39, 0.29) is 5.02 Å². The molecule has 0 saturated heterocycles. The van der Waals surface area contributed by atoms with Gasteiger partial charge in [-0.3, -0.25) is 4.99 Å². The molecule has 3 rings (SSSR count). The summed E-state index contributed by atoms with van der Waals surface area (Å²) in [5.41, 5.74) is 2.08. The maximum Gasteiger partial charge on any atom is 0.416 e. The van der Waals surface area contributed by atoms with Crippen molar-refractivity contribution in [3.8, 4) is 0 Å². The van der Waals surface area contributed by atoms with E-state index in [1.165, 1.54) is 6.07 Å². The van der Waals surface area contributed by atoms with Gasteiger partial charge < -0.3 is 0 Å². The van der Waals surface area contributed by atoms with E-state index in [9.17, 15) is 13.2 Å². The first-order chi connectivity index (χ1) is 9.97. The maximum absolute atomic E-state index is 12.9. The number of nitrogens with zero attached hydrogens (tertiary/aromatic N) is 1. The Bertz CT molecular complexity index is 720. The van der Waals surface area contributed by atoms with Crippen LogP contribution in [0, 0.1) is 0 Å². The van der Waals surface area contributed by atoms with Crippen LogP contribution in [0.4, 0.5) is 13.2 Å². The highest BCUT2D eigenvalue weighted by Crippen LogP contribution is 2.33. The molecule has 0 atom stereocenters. The van der Waals surface area contributed by atoms with E-state index < -0.39 is 11.7 Å². The summed E-state index contributed by atoms with van der Waals surface area (Å²) >= 11 is 6.10. The van der Waals surface area contributed by atoms with Crippen LogP contribution in [0.1, 0.15) is 22.3 Å². The number of hydrogen-bond donors (Lipinski definition) is 0. The van der Waals surface area contributed by atoms with Crippen LogP contribution in [0.15, 0.2) is 47.5 Å². The quantitative estimate of drug-likeness (QED) is 0.720. The zero-order valence-electron chi connectivity index (χ0n) is 10.9. The van der Waals surface area contributed by atoms with E-state index in [0.29, 0.717) is 17.8 Å². The van der Waals surface area contributed by atoms with E-state index in [1.807, 2.05) is 24.3 Å². The highest BCUT2D eigenvalue weighted by atomic mass is 35.5. The highest BCUT2D eigenvalue weighted by Gasteiger charge is 2.31. The summed E-state index contributed by atoms with van der Waals surface area (Å²) in [4.78, 5) is 4.39. The number of hydrogen-bond acceptors (Lipinski definition) is 1. The molecule has 1 aliphatic rings. The van der Waals surface area contributed by atoms with Crippen molar-refractivity contribution in [1.82, 2.24) is 0 Å². The monoisotopic (exact) mass is 309 g/mol. The normalized spacial score (nSPS) is 14.6. The zero-order chi connectivity index (χ0) is 15.0. The van der Waals surface area contributed by atoms with Crippen molar-refractivity contribution in [3.05, 3.63) is 69.7 Å². The largest absolute Gasteiger partial charge is 0.416 e. The minimum atomic E-state index is -4.39. The van der Waals surface area contributed by atoms with Crippen molar-refractivity contribution < 1.29 is 13.2 Å². The van der Waals surface area contributed by atoms with E-state index in [4.69, 9.17) is 11.6 Å². The fourth-order valence-corrected chi connectivity index (χ4v) is 2.66. The molecular formula is C16H11ClF3N. The first-order valence-corrected chi connectivity index (χ1v) is 6.84. The van der Waals surface area contributed by atoms with Crippen LogP contribution in [0.5, 0.6) is 0 Å². The Labute approximate surface area is 125 Å². The van der Waals surface area contributed by atoms with Crippen molar-refractivity contribution in [2.45, 2.75) is 12.6 Å². The first-order valence-electron chi connectivity index (χ1n) is 6.46. The van der Waals surface area contributed by atoms with Gasteiger partial charge in [-0.25, -0.2) is 0 Å². The van der Waals surface area contributed by atoms with Crippen LogP contribution in [0.25, 0.3) is 0 Å². The van der Waals surface area contributed by atoms with Gasteiger partial charge in [0.15, 0.2) is 0 Å². The third-order valence-electron chi connectivity index (χ3n) is 3.47. The van der Waals surface area contributed by atoms with E-state index in [2.05, 4.69) is 4.99 Å². The summed E-state index contributed by atoms with van der Waals surface area (Å²) in [6.45, 7) is 0.554. The Morgan fingerprint density at radius 2 is 1.76 bits per heavy atom. The molecule has 0 aliphatic carbocycles. The first kappa shape index (κ1) is 14.1. The average molecular weight is 310 g/mol.